The molecular weight excluding hydrogens is 402 g/mol. The summed E-state index contributed by atoms with van der Waals surface area (Å²) < 4.78 is 65.2. The van der Waals surface area contributed by atoms with E-state index in [1.807, 2.05) is 39.0 Å². The third-order valence-corrected chi connectivity index (χ3v) is 4.40. The van der Waals surface area contributed by atoms with Gasteiger partial charge in [-0.25, -0.2) is 17.6 Å². The molecule has 0 bridgehead atoms. The monoisotopic (exact) mass is 421 g/mol. The Labute approximate surface area is 170 Å². The van der Waals surface area contributed by atoms with Crippen molar-refractivity contribution in [2.45, 2.75) is 33.3 Å². The van der Waals surface area contributed by atoms with Gasteiger partial charge < -0.3 is 14.5 Å². The van der Waals surface area contributed by atoms with Crippen LogP contribution in [0.5, 0.6) is 5.75 Å². The van der Waals surface area contributed by atoms with Gasteiger partial charge in [-0.15, -0.1) is 0 Å². The average Bonchev–Trinajstić information content (AvgIpc) is 3.17. The molecule has 4 nitrogen and oxygen atoms in total. The van der Waals surface area contributed by atoms with Crippen LogP contribution in [0.3, 0.4) is 0 Å². The molecule has 0 atom stereocenters. The summed E-state index contributed by atoms with van der Waals surface area (Å²) in [6.45, 7) is 5.99. The molecule has 0 unspecified atom stereocenters. The maximum atomic E-state index is 13.7. The number of hydrogen-bond donors (Lipinski definition) is 1. The first-order chi connectivity index (χ1) is 14.2. The SMILES string of the molecule is Cc1ccc(C(C)C)c(OCc2ccc(C(=O)Nc3c(F)c(F)cc(F)c3F)o2)c1. The van der Waals surface area contributed by atoms with Gasteiger partial charge in [0.15, 0.2) is 29.0 Å². The zero-order chi connectivity index (χ0) is 22.0. The lowest BCUT2D eigenvalue weighted by atomic mass is 10.0. The van der Waals surface area contributed by atoms with Gasteiger partial charge in [-0.3, -0.25) is 4.79 Å². The Balaban J connectivity index is 1.73. The predicted octanol–water partition coefficient (Wildman–Crippen LogP) is 6.10. The van der Waals surface area contributed by atoms with E-state index in [1.165, 1.54) is 12.1 Å². The number of carbonyl (C=O) groups excluding carboxylic acids is 1. The molecule has 0 aliphatic rings. The molecule has 0 saturated carbocycles. The second kappa shape index (κ2) is 8.61. The molecule has 3 rings (SSSR count). The second-order valence-corrected chi connectivity index (χ2v) is 7.05. The summed E-state index contributed by atoms with van der Waals surface area (Å²) in [5.74, 6) is -6.86. The fourth-order valence-corrected chi connectivity index (χ4v) is 2.83. The molecular formula is C22H19F4NO3. The van der Waals surface area contributed by atoms with Crippen LogP contribution in [0.2, 0.25) is 0 Å². The van der Waals surface area contributed by atoms with Crippen LogP contribution < -0.4 is 10.1 Å². The van der Waals surface area contributed by atoms with E-state index in [4.69, 9.17) is 9.15 Å². The summed E-state index contributed by atoms with van der Waals surface area (Å²) in [6.07, 6.45) is 0. The summed E-state index contributed by atoms with van der Waals surface area (Å²) >= 11 is 0. The van der Waals surface area contributed by atoms with E-state index in [0.717, 1.165) is 11.1 Å². The van der Waals surface area contributed by atoms with Crippen LogP contribution >= 0.6 is 0 Å². The highest BCUT2D eigenvalue weighted by Crippen LogP contribution is 2.29. The molecule has 0 radical (unpaired) electrons. The Hall–Kier alpha value is -3.29. The van der Waals surface area contributed by atoms with E-state index >= 15 is 0 Å². The first kappa shape index (κ1) is 21.4. The number of amides is 1. The Morgan fingerprint density at radius 1 is 1.03 bits per heavy atom. The fourth-order valence-electron chi connectivity index (χ4n) is 2.83. The van der Waals surface area contributed by atoms with Crippen molar-refractivity contribution in [1.29, 1.82) is 0 Å². The Kier molecular flexibility index (Phi) is 6.14. The highest BCUT2D eigenvalue weighted by Gasteiger charge is 2.22. The van der Waals surface area contributed by atoms with Gasteiger partial charge in [-0.2, -0.15) is 0 Å². The number of furan rings is 1. The number of hydrogen-bond acceptors (Lipinski definition) is 3. The van der Waals surface area contributed by atoms with Gasteiger partial charge in [0.25, 0.3) is 5.91 Å². The minimum Gasteiger partial charge on any atom is -0.485 e. The van der Waals surface area contributed by atoms with E-state index in [2.05, 4.69) is 0 Å². The lowest BCUT2D eigenvalue weighted by Crippen LogP contribution is -2.15. The molecule has 0 spiro atoms. The molecule has 0 aliphatic heterocycles. The Bertz CT molecular complexity index is 1070. The summed E-state index contributed by atoms with van der Waals surface area (Å²) in [6, 6.07) is 8.61. The van der Waals surface area contributed by atoms with Crippen molar-refractivity contribution in [1.82, 2.24) is 0 Å². The third kappa shape index (κ3) is 4.48. The van der Waals surface area contributed by atoms with Crippen LogP contribution in [0.15, 0.2) is 40.8 Å². The summed E-state index contributed by atoms with van der Waals surface area (Å²) in [4.78, 5) is 12.2. The predicted molar refractivity (Wildman–Crippen MR) is 103 cm³/mol. The number of anilines is 1. The topological polar surface area (TPSA) is 51.5 Å². The molecule has 158 valence electrons. The number of nitrogens with one attached hydrogen (secondary N) is 1. The average molecular weight is 421 g/mol. The normalized spacial score (nSPS) is 11.1. The molecule has 0 aliphatic carbocycles. The first-order valence-electron chi connectivity index (χ1n) is 9.13. The summed E-state index contributed by atoms with van der Waals surface area (Å²) in [5, 5.41) is 1.79. The molecule has 1 heterocycles. The Morgan fingerprint density at radius 2 is 1.70 bits per heavy atom. The highest BCUT2D eigenvalue weighted by atomic mass is 19.2. The van der Waals surface area contributed by atoms with Crippen molar-refractivity contribution in [3.05, 3.63) is 82.3 Å². The van der Waals surface area contributed by atoms with Gasteiger partial charge in [0.2, 0.25) is 0 Å². The lowest BCUT2D eigenvalue weighted by molar-refractivity contribution is 0.0991. The quantitative estimate of drug-likeness (QED) is 0.387. The van der Waals surface area contributed by atoms with Crippen molar-refractivity contribution < 1.29 is 31.5 Å². The maximum Gasteiger partial charge on any atom is 0.291 e. The number of halogens is 4. The Morgan fingerprint density at radius 3 is 2.33 bits per heavy atom. The van der Waals surface area contributed by atoms with Gasteiger partial charge in [-0.05, 0) is 42.2 Å². The van der Waals surface area contributed by atoms with Crippen molar-refractivity contribution in [2.24, 2.45) is 0 Å². The molecule has 2 aromatic carbocycles. The smallest absolute Gasteiger partial charge is 0.291 e. The number of benzene rings is 2. The van der Waals surface area contributed by atoms with Crippen molar-refractivity contribution in [2.75, 3.05) is 5.32 Å². The van der Waals surface area contributed by atoms with Gasteiger partial charge >= 0.3 is 0 Å². The molecule has 1 aromatic heterocycles. The number of carbonyl (C=O) groups is 1. The molecule has 0 saturated heterocycles. The summed E-state index contributed by atoms with van der Waals surface area (Å²) in [7, 11) is 0. The largest absolute Gasteiger partial charge is 0.485 e. The third-order valence-electron chi connectivity index (χ3n) is 4.40. The number of ether oxygens (including phenoxy) is 1. The minimum atomic E-state index is -1.71. The molecule has 3 aromatic rings. The van der Waals surface area contributed by atoms with Crippen LogP contribution in [0.4, 0.5) is 23.2 Å². The van der Waals surface area contributed by atoms with Crippen molar-refractivity contribution in [3.8, 4) is 5.75 Å². The van der Waals surface area contributed by atoms with Crippen LogP contribution in [-0.2, 0) is 6.61 Å². The molecule has 1 amide bonds. The number of rotatable bonds is 6. The van der Waals surface area contributed by atoms with Gasteiger partial charge in [0, 0.05) is 6.07 Å². The van der Waals surface area contributed by atoms with Crippen LogP contribution in [0.1, 0.15) is 47.2 Å². The highest BCUT2D eigenvalue weighted by molar-refractivity contribution is 6.02. The zero-order valence-electron chi connectivity index (χ0n) is 16.5. The molecule has 1 N–H and O–H groups in total. The van der Waals surface area contributed by atoms with E-state index in [9.17, 15) is 22.4 Å². The van der Waals surface area contributed by atoms with Crippen LogP contribution in [-0.4, -0.2) is 5.91 Å². The van der Waals surface area contributed by atoms with Crippen molar-refractivity contribution >= 4 is 11.6 Å². The molecule has 8 heteroatoms. The lowest BCUT2D eigenvalue weighted by Gasteiger charge is -2.14. The van der Waals surface area contributed by atoms with E-state index in [-0.39, 0.29) is 30.1 Å². The van der Waals surface area contributed by atoms with Gasteiger partial charge in [0.05, 0.1) is 0 Å². The van der Waals surface area contributed by atoms with E-state index in [0.29, 0.717) is 5.75 Å². The van der Waals surface area contributed by atoms with Crippen LogP contribution in [0.25, 0.3) is 0 Å². The maximum absolute atomic E-state index is 13.7. The zero-order valence-corrected chi connectivity index (χ0v) is 16.5. The molecule has 0 fully saturated rings. The minimum absolute atomic E-state index is 0.00771. The second-order valence-electron chi connectivity index (χ2n) is 7.05. The van der Waals surface area contributed by atoms with Crippen molar-refractivity contribution in [3.63, 3.8) is 0 Å². The van der Waals surface area contributed by atoms with E-state index in [1.54, 1.807) is 5.32 Å². The summed E-state index contributed by atoms with van der Waals surface area (Å²) in [5.41, 5.74) is 0.789. The van der Waals surface area contributed by atoms with Gasteiger partial charge in [0.1, 0.15) is 23.8 Å². The molecule has 30 heavy (non-hydrogen) atoms. The fraction of sp³-hybridized carbons (Fsp3) is 0.227. The standard InChI is InChI=1S/C22H19F4NO3/c1-11(2)14-6-4-12(3)8-18(14)29-10-13-5-7-17(30-13)22(28)27-21-19(25)15(23)9-16(24)20(21)26/h4-9,11H,10H2,1-3H3,(H,27,28). The number of aryl methyl sites for hydroxylation is 1. The van der Waals surface area contributed by atoms with Gasteiger partial charge in [-0.1, -0.05) is 26.0 Å². The van der Waals surface area contributed by atoms with E-state index < -0.39 is 34.9 Å². The van der Waals surface area contributed by atoms with Crippen LogP contribution in [0, 0.1) is 30.2 Å². The first-order valence-corrected chi connectivity index (χ1v) is 9.13.